The molecule has 1 amide bonds. The van der Waals surface area contributed by atoms with Crippen molar-refractivity contribution in [2.24, 2.45) is 0 Å². The molecule has 1 N–H and O–H groups in total. The number of carbonyl (C=O) groups excluding carboxylic acids is 2. The van der Waals surface area contributed by atoms with Crippen molar-refractivity contribution in [3.63, 3.8) is 0 Å². The van der Waals surface area contributed by atoms with Gasteiger partial charge in [0.25, 0.3) is 5.91 Å². The summed E-state index contributed by atoms with van der Waals surface area (Å²) in [6.07, 6.45) is 8.65. The SMILES string of the molecule is COc1ccc(Br)cc1C=CC(=O)OCC(=O)NCC1(N2CCOCC2)CCCCC1. The molecule has 0 atom stereocenters. The zero-order valence-electron chi connectivity index (χ0n) is 18.0. The summed E-state index contributed by atoms with van der Waals surface area (Å²) in [4.78, 5) is 26.9. The Labute approximate surface area is 192 Å². The van der Waals surface area contributed by atoms with E-state index in [0.29, 0.717) is 12.3 Å². The molecule has 0 spiro atoms. The maximum atomic E-state index is 12.4. The van der Waals surface area contributed by atoms with Gasteiger partial charge in [0.2, 0.25) is 0 Å². The molecule has 0 unspecified atom stereocenters. The second-order valence-corrected chi connectivity index (χ2v) is 8.90. The number of nitrogens with one attached hydrogen (secondary N) is 1. The minimum atomic E-state index is -0.572. The molecule has 7 nitrogen and oxygen atoms in total. The summed E-state index contributed by atoms with van der Waals surface area (Å²) in [5.41, 5.74) is 0.724. The summed E-state index contributed by atoms with van der Waals surface area (Å²) in [6, 6.07) is 5.50. The van der Waals surface area contributed by atoms with Crippen LogP contribution in [0.5, 0.6) is 5.75 Å². The molecule has 170 valence electrons. The molecule has 0 radical (unpaired) electrons. The van der Waals surface area contributed by atoms with Gasteiger partial charge in [-0.15, -0.1) is 0 Å². The van der Waals surface area contributed by atoms with Gasteiger partial charge in [-0.1, -0.05) is 35.2 Å². The van der Waals surface area contributed by atoms with E-state index in [-0.39, 0.29) is 18.1 Å². The van der Waals surface area contributed by atoms with Gasteiger partial charge in [0.15, 0.2) is 6.61 Å². The highest BCUT2D eigenvalue weighted by Gasteiger charge is 2.38. The molecule has 3 rings (SSSR count). The average molecular weight is 495 g/mol. The Bertz CT molecular complexity index is 786. The minimum absolute atomic E-state index is 0.0150. The first-order valence-electron chi connectivity index (χ1n) is 10.8. The van der Waals surface area contributed by atoms with E-state index in [1.54, 1.807) is 19.3 Å². The first-order chi connectivity index (χ1) is 15.0. The van der Waals surface area contributed by atoms with Gasteiger partial charge >= 0.3 is 5.97 Å². The summed E-state index contributed by atoms with van der Waals surface area (Å²) in [7, 11) is 1.57. The molecule has 1 heterocycles. The standard InChI is InChI=1S/C23H31BrN2O5/c1-29-20-7-6-19(24)15-18(20)5-8-22(28)31-16-21(27)25-17-23(9-3-2-4-10-23)26-11-13-30-14-12-26/h5-8,15H,2-4,9-14,16-17H2,1H3,(H,25,27). The van der Waals surface area contributed by atoms with Crippen molar-refractivity contribution < 1.29 is 23.8 Å². The number of benzene rings is 1. The number of ether oxygens (including phenoxy) is 3. The second-order valence-electron chi connectivity index (χ2n) is 7.99. The number of amides is 1. The summed E-state index contributed by atoms with van der Waals surface area (Å²) >= 11 is 3.40. The highest BCUT2D eigenvalue weighted by atomic mass is 79.9. The Morgan fingerprint density at radius 2 is 1.97 bits per heavy atom. The van der Waals surface area contributed by atoms with Crippen LogP contribution in [-0.4, -0.2) is 68.9 Å². The Morgan fingerprint density at radius 1 is 1.23 bits per heavy atom. The molecule has 2 aliphatic rings. The molecular formula is C23H31BrN2O5. The van der Waals surface area contributed by atoms with E-state index in [1.807, 2.05) is 12.1 Å². The molecule has 2 fully saturated rings. The number of esters is 1. The van der Waals surface area contributed by atoms with Gasteiger partial charge in [0.1, 0.15) is 5.75 Å². The maximum absolute atomic E-state index is 12.4. The monoisotopic (exact) mass is 494 g/mol. The van der Waals surface area contributed by atoms with Crippen LogP contribution in [0.15, 0.2) is 28.7 Å². The van der Waals surface area contributed by atoms with Gasteiger partial charge in [-0.05, 0) is 37.1 Å². The van der Waals surface area contributed by atoms with Crippen molar-refractivity contribution in [3.05, 3.63) is 34.3 Å². The lowest BCUT2D eigenvalue weighted by atomic mass is 9.79. The number of morpholine rings is 1. The van der Waals surface area contributed by atoms with Crippen LogP contribution >= 0.6 is 15.9 Å². The van der Waals surface area contributed by atoms with Gasteiger partial charge < -0.3 is 19.5 Å². The van der Waals surface area contributed by atoms with Crippen molar-refractivity contribution in [1.29, 1.82) is 0 Å². The topological polar surface area (TPSA) is 77.1 Å². The fourth-order valence-corrected chi connectivity index (χ4v) is 4.72. The fourth-order valence-electron chi connectivity index (χ4n) is 4.34. The molecule has 1 aromatic rings. The van der Waals surface area contributed by atoms with Crippen molar-refractivity contribution in [2.75, 3.05) is 46.6 Å². The normalized spacial score (nSPS) is 19.2. The van der Waals surface area contributed by atoms with Crippen LogP contribution < -0.4 is 10.1 Å². The van der Waals surface area contributed by atoms with Crippen molar-refractivity contribution >= 4 is 33.9 Å². The van der Waals surface area contributed by atoms with Crippen LogP contribution in [0.2, 0.25) is 0 Å². The molecule has 1 aromatic carbocycles. The number of carbonyl (C=O) groups is 2. The lowest BCUT2D eigenvalue weighted by Crippen LogP contribution is -2.59. The van der Waals surface area contributed by atoms with Crippen LogP contribution in [0.1, 0.15) is 37.7 Å². The number of methoxy groups -OCH3 is 1. The van der Waals surface area contributed by atoms with Gasteiger partial charge in [0, 0.05) is 41.3 Å². The third kappa shape index (κ3) is 6.79. The number of halogens is 1. The average Bonchev–Trinajstić information content (AvgIpc) is 2.81. The predicted octanol–water partition coefficient (Wildman–Crippen LogP) is 3.17. The molecule has 0 aromatic heterocycles. The second kappa shape index (κ2) is 11.6. The number of nitrogens with zero attached hydrogens (tertiary/aromatic N) is 1. The lowest BCUT2D eigenvalue weighted by molar-refractivity contribution is -0.144. The van der Waals surface area contributed by atoms with Crippen LogP contribution in [-0.2, 0) is 19.1 Å². The van der Waals surface area contributed by atoms with Crippen molar-refractivity contribution in [1.82, 2.24) is 10.2 Å². The molecule has 1 aliphatic carbocycles. The van der Waals surface area contributed by atoms with E-state index < -0.39 is 5.97 Å². The maximum Gasteiger partial charge on any atom is 0.331 e. The van der Waals surface area contributed by atoms with Crippen LogP contribution in [0.4, 0.5) is 0 Å². The lowest BCUT2D eigenvalue weighted by Gasteiger charge is -2.48. The van der Waals surface area contributed by atoms with Gasteiger partial charge in [-0.2, -0.15) is 0 Å². The Hall–Kier alpha value is -1.90. The predicted molar refractivity (Wildman–Crippen MR) is 122 cm³/mol. The third-order valence-electron chi connectivity index (χ3n) is 6.02. The molecule has 31 heavy (non-hydrogen) atoms. The number of rotatable bonds is 8. The van der Waals surface area contributed by atoms with Crippen molar-refractivity contribution in [3.8, 4) is 5.75 Å². The summed E-state index contributed by atoms with van der Waals surface area (Å²) < 4.78 is 16.8. The number of hydrogen-bond donors (Lipinski definition) is 1. The van der Waals surface area contributed by atoms with Gasteiger partial charge in [0.05, 0.1) is 20.3 Å². The highest BCUT2D eigenvalue weighted by molar-refractivity contribution is 9.10. The van der Waals surface area contributed by atoms with E-state index >= 15 is 0 Å². The molecule has 0 bridgehead atoms. The quantitative estimate of drug-likeness (QED) is 0.441. The zero-order chi connectivity index (χ0) is 22.1. The summed E-state index contributed by atoms with van der Waals surface area (Å²) in [5, 5.41) is 3.00. The smallest absolute Gasteiger partial charge is 0.331 e. The Kier molecular flexibility index (Phi) is 8.92. The molecular weight excluding hydrogens is 464 g/mol. The molecule has 1 saturated carbocycles. The first kappa shape index (κ1) is 23.8. The van der Waals surface area contributed by atoms with E-state index in [1.165, 1.54) is 25.3 Å². The molecule has 1 saturated heterocycles. The third-order valence-corrected chi connectivity index (χ3v) is 6.51. The zero-order valence-corrected chi connectivity index (χ0v) is 19.6. The fraction of sp³-hybridized carbons (Fsp3) is 0.565. The Morgan fingerprint density at radius 3 is 2.68 bits per heavy atom. The summed E-state index contributed by atoms with van der Waals surface area (Å²) in [6.45, 7) is 3.56. The van der Waals surface area contributed by atoms with Gasteiger partial charge in [-0.25, -0.2) is 4.79 Å². The van der Waals surface area contributed by atoms with Crippen LogP contribution in [0.25, 0.3) is 6.08 Å². The molecule has 8 heteroatoms. The van der Waals surface area contributed by atoms with Crippen LogP contribution in [0.3, 0.4) is 0 Å². The van der Waals surface area contributed by atoms with E-state index in [2.05, 4.69) is 26.1 Å². The van der Waals surface area contributed by atoms with E-state index in [4.69, 9.17) is 14.2 Å². The Balaban J connectivity index is 1.49. The van der Waals surface area contributed by atoms with Crippen molar-refractivity contribution in [2.45, 2.75) is 37.6 Å². The van der Waals surface area contributed by atoms with Crippen LogP contribution in [0, 0.1) is 0 Å². The first-order valence-corrected chi connectivity index (χ1v) is 11.6. The number of hydrogen-bond acceptors (Lipinski definition) is 6. The summed E-state index contributed by atoms with van der Waals surface area (Å²) in [5.74, 6) is -0.205. The largest absolute Gasteiger partial charge is 0.496 e. The van der Waals surface area contributed by atoms with E-state index in [9.17, 15) is 9.59 Å². The minimum Gasteiger partial charge on any atom is -0.496 e. The molecule has 1 aliphatic heterocycles. The highest BCUT2D eigenvalue weighted by Crippen LogP contribution is 2.33. The van der Waals surface area contributed by atoms with E-state index in [0.717, 1.165) is 49.2 Å². The van der Waals surface area contributed by atoms with Gasteiger partial charge in [-0.3, -0.25) is 9.69 Å².